The second-order valence-corrected chi connectivity index (χ2v) is 11.1. The lowest BCUT2D eigenvalue weighted by molar-refractivity contribution is 1.08. The Morgan fingerprint density at radius 3 is 1.50 bits per heavy atom. The molecule has 0 fully saturated rings. The van der Waals surface area contributed by atoms with Gasteiger partial charge in [-0.2, -0.15) is 0 Å². The van der Waals surface area contributed by atoms with E-state index < -0.39 is 0 Å². The predicted octanol–water partition coefficient (Wildman–Crippen LogP) is 10.0. The molecule has 0 saturated heterocycles. The number of benzene rings is 5. The molecular weight excluding hydrogens is 536 g/mol. The summed E-state index contributed by atoms with van der Waals surface area (Å²) in [5, 5.41) is 4.93. The third-order valence-corrected chi connectivity index (χ3v) is 8.64. The fourth-order valence-corrected chi connectivity index (χ4v) is 6.63. The van der Waals surface area contributed by atoms with E-state index in [0.717, 1.165) is 33.8 Å². The van der Waals surface area contributed by atoms with Gasteiger partial charge in [0.2, 0.25) is 0 Å². The molecule has 0 aliphatic rings. The van der Waals surface area contributed by atoms with Crippen molar-refractivity contribution in [3.05, 3.63) is 158 Å². The van der Waals surface area contributed by atoms with Crippen LogP contribution in [0.2, 0.25) is 0 Å². The van der Waals surface area contributed by atoms with E-state index in [1.54, 1.807) is 0 Å². The van der Waals surface area contributed by atoms with E-state index in [9.17, 15) is 0 Å². The van der Waals surface area contributed by atoms with Gasteiger partial charge >= 0.3 is 0 Å². The standard InChI is InChI=1S/C40H26N4/c1-3-12-36-31(9-1)33-25-28(17-21-38(33)43(36)30-19-15-27(16-20-30)35-11-5-7-23-41-35)29-18-22-39-34(26-29)32-10-2-4-13-37(32)44(39)40-14-6-8-24-42-40/h1-26H. The van der Waals surface area contributed by atoms with Crippen molar-refractivity contribution in [1.29, 1.82) is 0 Å². The van der Waals surface area contributed by atoms with Crippen LogP contribution >= 0.6 is 0 Å². The molecule has 4 nitrogen and oxygen atoms in total. The Balaban J connectivity index is 1.20. The number of rotatable bonds is 4. The van der Waals surface area contributed by atoms with Crippen LogP contribution in [0.3, 0.4) is 0 Å². The van der Waals surface area contributed by atoms with Crippen molar-refractivity contribution < 1.29 is 0 Å². The molecule has 0 radical (unpaired) electrons. The number of pyridine rings is 2. The molecule has 4 heterocycles. The summed E-state index contributed by atoms with van der Waals surface area (Å²) < 4.78 is 4.62. The van der Waals surface area contributed by atoms with E-state index in [1.165, 1.54) is 43.7 Å². The normalized spacial score (nSPS) is 11.6. The second kappa shape index (κ2) is 9.79. The van der Waals surface area contributed by atoms with Crippen molar-refractivity contribution in [2.75, 3.05) is 0 Å². The van der Waals surface area contributed by atoms with Crippen molar-refractivity contribution in [2.45, 2.75) is 0 Å². The fourth-order valence-electron chi connectivity index (χ4n) is 6.63. The number of para-hydroxylation sites is 2. The maximum absolute atomic E-state index is 4.67. The van der Waals surface area contributed by atoms with Crippen molar-refractivity contribution >= 4 is 43.6 Å². The third-order valence-electron chi connectivity index (χ3n) is 8.64. The lowest BCUT2D eigenvalue weighted by atomic mass is 10.0. The van der Waals surface area contributed by atoms with Crippen molar-refractivity contribution in [2.24, 2.45) is 0 Å². The maximum Gasteiger partial charge on any atom is 0.137 e. The Hall–Kier alpha value is -6.00. The van der Waals surface area contributed by atoms with Crippen LogP contribution in [0.1, 0.15) is 0 Å². The first kappa shape index (κ1) is 24.6. The van der Waals surface area contributed by atoms with Gasteiger partial charge in [0.15, 0.2) is 0 Å². The van der Waals surface area contributed by atoms with Crippen LogP contribution in [-0.2, 0) is 0 Å². The Morgan fingerprint density at radius 1 is 0.364 bits per heavy atom. The van der Waals surface area contributed by atoms with Gasteiger partial charge in [-0.3, -0.25) is 9.55 Å². The molecule has 0 bridgehead atoms. The van der Waals surface area contributed by atoms with Gasteiger partial charge in [-0.25, -0.2) is 4.98 Å². The van der Waals surface area contributed by atoms with Gasteiger partial charge in [0.1, 0.15) is 5.82 Å². The molecule has 0 atom stereocenters. The molecule has 4 aromatic heterocycles. The molecule has 0 N–H and O–H groups in total. The first-order chi connectivity index (χ1) is 21.8. The highest BCUT2D eigenvalue weighted by molar-refractivity contribution is 6.12. The Morgan fingerprint density at radius 2 is 0.886 bits per heavy atom. The highest BCUT2D eigenvalue weighted by Gasteiger charge is 2.16. The topological polar surface area (TPSA) is 35.6 Å². The summed E-state index contributed by atoms with van der Waals surface area (Å²) in [6.45, 7) is 0. The Kier molecular flexibility index (Phi) is 5.47. The fraction of sp³-hybridized carbons (Fsp3) is 0. The zero-order valence-electron chi connectivity index (χ0n) is 23.8. The maximum atomic E-state index is 4.67. The smallest absolute Gasteiger partial charge is 0.137 e. The van der Waals surface area contributed by atoms with Crippen molar-refractivity contribution in [3.63, 3.8) is 0 Å². The summed E-state index contributed by atoms with van der Waals surface area (Å²) in [6.07, 6.45) is 3.69. The Labute approximate surface area is 254 Å². The molecule has 9 aromatic rings. The molecule has 4 heteroatoms. The van der Waals surface area contributed by atoms with Crippen LogP contribution in [0.15, 0.2) is 158 Å². The molecule has 0 amide bonds. The minimum absolute atomic E-state index is 0.925. The van der Waals surface area contributed by atoms with E-state index in [0.29, 0.717) is 0 Å². The first-order valence-corrected chi connectivity index (χ1v) is 14.8. The Bertz CT molecular complexity index is 2470. The predicted molar refractivity (Wildman–Crippen MR) is 182 cm³/mol. The quantitative estimate of drug-likeness (QED) is 0.214. The van der Waals surface area contributed by atoms with Crippen molar-refractivity contribution in [1.82, 2.24) is 19.1 Å². The van der Waals surface area contributed by atoms with E-state index in [-0.39, 0.29) is 0 Å². The molecule has 9 rings (SSSR count). The van der Waals surface area contributed by atoms with Gasteiger partial charge in [0.25, 0.3) is 0 Å². The molecule has 0 spiro atoms. The minimum atomic E-state index is 0.925. The summed E-state index contributed by atoms with van der Waals surface area (Å²) in [5.74, 6) is 0.925. The van der Waals surface area contributed by atoms with Crippen LogP contribution in [0.4, 0.5) is 0 Å². The van der Waals surface area contributed by atoms with E-state index in [2.05, 4.69) is 134 Å². The molecule has 0 aliphatic carbocycles. The zero-order chi connectivity index (χ0) is 29.0. The minimum Gasteiger partial charge on any atom is -0.309 e. The number of fused-ring (bicyclic) bond motifs is 6. The van der Waals surface area contributed by atoms with E-state index in [1.807, 2.05) is 42.7 Å². The SMILES string of the molecule is c1ccc(-c2ccc(-n3c4ccccc4c4cc(-c5ccc6c(c5)c5ccccc5n6-c5ccccn5)ccc43)cc2)nc1. The van der Waals surface area contributed by atoms with Gasteiger partial charge in [-0.05, 0) is 83.9 Å². The van der Waals surface area contributed by atoms with Gasteiger partial charge in [0.05, 0.1) is 27.8 Å². The van der Waals surface area contributed by atoms with Crippen LogP contribution in [0, 0.1) is 0 Å². The van der Waals surface area contributed by atoms with Gasteiger partial charge < -0.3 is 4.57 Å². The number of hydrogen-bond acceptors (Lipinski definition) is 2. The zero-order valence-corrected chi connectivity index (χ0v) is 23.8. The molecule has 44 heavy (non-hydrogen) atoms. The number of hydrogen-bond donors (Lipinski definition) is 0. The third kappa shape index (κ3) is 3.78. The summed E-state index contributed by atoms with van der Waals surface area (Å²) in [7, 11) is 0. The molecule has 206 valence electrons. The largest absolute Gasteiger partial charge is 0.309 e. The number of aromatic nitrogens is 4. The summed E-state index contributed by atoms with van der Waals surface area (Å²) in [4.78, 5) is 9.19. The average molecular weight is 563 g/mol. The molecule has 0 aliphatic heterocycles. The molecule has 5 aromatic carbocycles. The number of nitrogens with zero attached hydrogens (tertiary/aromatic N) is 4. The molecule has 0 unspecified atom stereocenters. The van der Waals surface area contributed by atoms with E-state index in [4.69, 9.17) is 0 Å². The monoisotopic (exact) mass is 562 g/mol. The molecular formula is C40H26N4. The summed E-state index contributed by atoms with van der Waals surface area (Å²) in [5.41, 5.74) is 10.3. The van der Waals surface area contributed by atoms with Crippen molar-refractivity contribution in [3.8, 4) is 33.9 Å². The van der Waals surface area contributed by atoms with Gasteiger partial charge in [0, 0.05) is 45.2 Å². The van der Waals surface area contributed by atoms with E-state index >= 15 is 0 Å². The van der Waals surface area contributed by atoms with Crippen LogP contribution < -0.4 is 0 Å². The first-order valence-electron chi connectivity index (χ1n) is 14.8. The highest BCUT2D eigenvalue weighted by atomic mass is 15.1. The van der Waals surface area contributed by atoms with Gasteiger partial charge in [-0.15, -0.1) is 0 Å². The lowest BCUT2D eigenvalue weighted by Gasteiger charge is -2.10. The highest BCUT2D eigenvalue weighted by Crippen LogP contribution is 2.38. The van der Waals surface area contributed by atoms with Crippen LogP contribution in [0.25, 0.3) is 77.5 Å². The van der Waals surface area contributed by atoms with Crippen LogP contribution in [0.5, 0.6) is 0 Å². The van der Waals surface area contributed by atoms with Gasteiger partial charge in [-0.1, -0.05) is 72.8 Å². The molecule has 0 saturated carbocycles. The lowest BCUT2D eigenvalue weighted by Crippen LogP contribution is -1.96. The summed E-state index contributed by atoms with van der Waals surface area (Å²) in [6, 6.07) is 51.7. The van der Waals surface area contributed by atoms with Crippen LogP contribution in [-0.4, -0.2) is 19.1 Å². The average Bonchev–Trinajstić information content (AvgIpc) is 3.61. The summed E-state index contributed by atoms with van der Waals surface area (Å²) >= 11 is 0. The second-order valence-electron chi connectivity index (χ2n) is 11.1.